The molecular formula is C21H24O. The van der Waals surface area contributed by atoms with Gasteiger partial charge in [0.2, 0.25) is 0 Å². The average Bonchev–Trinajstić information content (AvgIpc) is 2.52. The number of hydrogen-bond acceptors (Lipinski definition) is 1. The topological polar surface area (TPSA) is 9.23 Å². The zero-order valence-corrected chi connectivity index (χ0v) is 13.5. The Kier molecular flexibility index (Phi) is 6.02. The van der Waals surface area contributed by atoms with E-state index < -0.39 is 0 Å². The molecule has 0 bridgehead atoms. The van der Waals surface area contributed by atoms with Crippen LogP contribution < -0.4 is 4.74 Å². The third-order valence-corrected chi connectivity index (χ3v) is 3.60. The summed E-state index contributed by atoms with van der Waals surface area (Å²) in [4.78, 5) is 0. The van der Waals surface area contributed by atoms with Gasteiger partial charge in [-0.2, -0.15) is 0 Å². The van der Waals surface area contributed by atoms with Crippen molar-refractivity contribution in [2.24, 2.45) is 0 Å². The van der Waals surface area contributed by atoms with Crippen molar-refractivity contribution in [3.63, 3.8) is 0 Å². The molecule has 0 heterocycles. The Morgan fingerprint density at radius 1 is 1.05 bits per heavy atom. The molecule has 0 amide bonds. The lowest BCUT2D eigenvalue weighted by Crippen LogP contribution is -1.90. The summed E-state index contributed by atoms with van der Waals surface area (Å²) in [5.41, 5.74) is 5.28. The van der Waals surface area contributed by atoms with Gasteiger partial charge in [-0.1, -0.05) is 54.1 Å². The molecule has 0 aliphatic carbocycles. The molecule has 0 saturated carbocycles. The Morgan fingerprint density at radius 2 is 1.77 bits per heavy atom. The lowest BCUT2D eigenvalue weighted by molar-refractivity contribution is 0.415. The van der Waals surface area contributed by atoms with E-state index in [4.69, 9.17) is 4.74 Å². The number of allylic oxidation sites excluding steroid dienone is 2. The van der Waals surface area contributed by atoms with Crippen molar-refractivity contribution in [3.05, 3.63) is 83.4 Å². The van der Waals surface area contributed by atoms with Crippen molar-refractivity contribution in [2.45, 2.75) is 26.2 Å². The van der Waals surface area contributed by atoms with Crippen LogP contribution in [0.5, 0.6) is 5.75 Å². The zero-order chi connectivity index (χ0) is 15.8. The van der Waals surface area contributed by atoms with Crippen LogP contribution in [0.3, 0.4) is 0 Å². The summed E-state index contributed by atoms with van der Waals surface area (Å²) in [6.45, 7) is 5.97. The van der Waals surface area contributed by atoms with Crippen LogP contribution in [0.4, 0.5) is 0 Å². The first-order chi connectivity index (χ1) is 10.7. The van der Waals surface area contributed by atoms with E-state index in [1.807, 2.05) is 18.2 Å². The monoisotopic (exact) mass is 292 g/mol. The van der Waals surface area contributed by atoms with E-state index in [2.05, 4.69) is 56.0 Å². The summed E-state index contributed by atoms with van der Waals surface area (Å²) in [7, 11) is 1.69. The fourth-order valence-electron chi connectivity index (χ4n) is 2.56. The smallest absolute Gasteiger partial charge is 0.118 e. The number of hydrogen-bond donors (Lipinski definition) is 0. The second-order valence-corrected chi connectivity index (χ2v) is 5.53. The zero-order valence-electron chi connectivity index (χ0n) is 13.5. The van der Waals surface area contributed by atoms with Crippen LogP contribution in [-0.4, -0.2) is 7.11 Å². The molecule has 0 unspecified atom stereocenters. The molecule has 0 aliphatic heterocycles. The number of ether oxygens (including phenoxy) is 1. The first-order valence-corrected chi connectivity index (χ1v) is 7.72. The van der Waals surface area contributed by atoms with Gasteiger partial charge in [-0.25, -0.2) is 0 Å². The Labute approximate surface area is 134 Å². The first kappa shape index (κ1) is 16.1. The summed E-state index contributed by atoms with van der Waals surface area (Å²) in [6.07, 6.45) is 9.41. The van der Waals surface area contributed by atoms with Gasteiger partial charge in [0.1, 0.15) is 5.75 Å². The Hall–Kier alpha value is -2.28. The first-order valence-electron chi connectivity index (χ1n) is 7.72. The summed E-state index contributed by atoms with van der Waals surface area (Å²) in [5, 5.41) is 0. The second kappa shape index (κ2) is 8.23. The molecule has 2 aromatic carbocycles. The van der Waals surface area contributed by atoms with Crippen LogP contribution in [0, 0.1) is 6.92 Å². The molecule has 1 nitrogen and oxygen atoms in total. The molecule has 0 aliphatic rings. The van der Waals surface area contributed by atoms with Crippen molar-refractivity contribution < 1.29 is 4.74 Å². The molecule has 22 heavy (non-hydrogen) atoms. The minimum Gasteiger partial charge on any atom is -0.497 e. The Balaban J connectivity index is 1.92. The molecule has 0 radical (unpaired) electrons. The van der Waals surface area contributed by atoms with Gasteiger partial charge < -0.3 is 4.74 Å². The number of benzene rings is 2. The minimum absolute atomic E-state index is 0.895. The molecule has 0 atom stereocenters. The highest BCUT2D eigenvalue weighted by Crippen LogP contribution is 2.15. The van der Waals surface area contributed by atoms with Gasteiger partial charge in [0.15, 0.2) is 0 Å². The molecule has 0 N–H and O–H groups in total. The SMILES string of the molecule is C=CCc1cc(C)cc(CCC=Cc2ccc(OC)cc2)c1. The summed E-state index contributed by atoms with van der Waals surface area (Å²) < 4.78 is 5.16. The van der Waals surface area contributed by atoms with Crippen molar-refractivity contribution in [3.8, 4) is 5.75 Å². The standard InChI is InChI=1S/C21H24O/c1-4-7-19-14-17(2)15-20(16-19)9-6-5-8-18-10-12-21(22-3)13-11-18/h4-5,8,10-16H,1,6-7,9H2,2-3H3. The maximum Gasteiger partial charge on any atom is 0.118 e. The fourth-order valence-corrected chi connectivity index (χ4v) is 2.56. The van der Waals surface area contributed by atoms with E-state index in [1.165, 1.54) is 22.3 Å². The molecule has 0 spiro atoms. The molecular weight excluding hydrogens is 268 g/mol. The molecule has 2 rings (SSSR count). The maximum atomic E-state index is 5.16. The van der Waals surface area contributed by atoms with E-state index >= 15 is 0 Å². The van der Waals surface area contributed by atoms with Crippen molar-refractivity contribution in [1.82, 2.24) is 0 Å². The van der Waals surface area contributed by atoms with Crippen molar-refractivity contribution >= 4 is 6.08 Å². The average molecular weight is 292 g/mol. The fraction of sp³-hybridized carbons (Fsp3) is 0.238. The van der Waals surface area contributed by atoms with E-state index in [0.29, 0.717) is 0 Å². The normalized spacial score (nSPS) is 10.8. The molecule has 0 saturated heterocycles. The Bertz CT molecular complexity index is 635. The van der Waals surface area contributed by atoms with Gasteiger partial charge in [0, 0.05) is 0 Å². The lowest BCUT2D eigenvalue weighted by Gasteiger charge is -2.05. The highest BCUT2D eigenvalue weighted by atomic mass is 16.5. The summed E-state index contributed by atoms with van der Waals surface area (Å²) in [6, 6.07) is 14.9. The predicted octanol–water partition coefficient (Wildman–Crippen LogP) is 5.38. The van der Waals surface area contributed by atoms with Crippen LogP contribution >= 0.6 is 0 Å². The molecule has 2 aromatic rings. The highest BCUT2D eigenvalue weighted by Gasteiger charge is 1.97. The van der Waals surface area contributed by atoms with Crippen LogP contribution in [0.25, 0.3) is 6.08 Å². The highest BCUT2D eigenvalue weighted by molar-refractivity contribution is 5.50. The summed E-state index contributed by atoms with van der Waals surface area (Å²) in [5.74, 6) is 0.895. The third-order valence-electron chi connectivity index (χ3n) is 3.60. The maximum absolute atomic E-state index is 5.16. The molecule has 0 fully saturated rings. The van der Waals surface area contributed by atoms with Crippen molar-refractivity contribution in [2.75, 3.05) is 7.11 Å². The predicted molar refractivity (Wildman–Crippen MR) is 95.4 cm³/mol. The van der Waals surface area contributed by atoms with E-state index in [-0.39, 0.29) is 0 Å². The number of methoxy groups -OCH3 is 1. The van der Waals surface area contributed by atoms with E-state index in [1.54, 1.807) is 7.11 Å². The van der Waals surface area contributed by atoms with E-state index in [9.17, 15) is 0 Å². The minimum atomic E-state index is 0.895. The van der Waals surface area contributed by atoms with Crippen LogP contribution in [0.1, 0.15) is 28.7 Å². The largest absolute Gasteiger partial charge is 0.497 e. The molecule has 1 heteroatoms. The quantitative estimate of drug-likeness (QED) is 0.623. The van der Waals surface area contributed by atoms with Crippen LogP contribution in [-0.2, 0) is 12.8 Å². The van der Waals surface area contributed by atoms with Gasteiger partial charge in [0.05, 0.1) is 7.11 Å². The van der Waals surface area contributed by atoms with Crippen LogP contribution in [0.2, 0.25) is 0 Å². The second-order valence-electron chi connectivity index (χ2n) is 5.53. The van der Waals surface area contributed by atoms with Crippen molar-refractivity contribution in [1.29, 1.82) is 0 Å². The Morgan fingerprint density at radius 3 is 2.45 bits per heavy atom. The van der Waals surface area contributed by atoms with Gasteiger partial charge >= 0.3 is 0 Å². The van der Waals surface area contributed by atoms with Crippen LogP contribution in [0.15, 0.2) is 61.2 Å². The van der Waals surface area contributed by atoms with Gasteiger partial charge in [0.25, 0.3) is 0 Å². The van der Waals surface area contributed by atoms with Gasteiger partial charge in [-0.05, 0) is 55.0 Å². The molecule has 114 valence electrons. The lowest BCUT2D eigenvalue weighted by atomic mass is 10.0. The molecule has 0 aromatic heterocycles. The van der Waals surface area contributed by atoms with E-state index in [0.717, 1.165) is 25.0 Å². The number of rotatable bonds is 7. The third kappa shape index (κ3) is 4.92. The van der Waals surface area contributed by atoms with Gasteiger partial charge in [-0.15, -0.1) is 6.58 Å². The number of aryl methyl sites for hydroxylation is 2. The van der Waals surface area contributed by atoms with Gasteiger partial charge in [-0.3, -0.25) is 0 Å². The summed E-state index contributed by atoms with van der Waals surface area (Å²) >= 11 is 0.